The molecule has 36 heavy (non-hydrogen) atoms. The highest BCUT2D eigenvalue weighted by Gasteiger charge is 2.19. The molecule has 0 saturated heterocycles. The molecular weight excluding hydrogens is 468 g/mol. The Balaban J connectivity index is 1.43. The summed E-state index contributed by atoms with van der Waals surface area (Å²) in [7, 11) is 0. The summed E-state index contributed by atoms with van der Waals surface area (Å²) in [5.41, 5.74) is 2.95. The number of anilines is 1. The highest BCUT2D eigenvalue weighted by atomic mass is 16.6. The number of carbonyl (C=O) groups is 1. The number of fused-ring (bicyclic) bond motifs is 1. The number of hydrogen-bond acceptors (Lipinski definition) is 9. The van der Waals surface area contributed by atoms with E-state index in [0.29, 0.717) is 84.1 Å². The van der Waals surface area contributed by atoms with E-state index in [1.165, 1.54) is 0 Å². The van der Waals surface area contributed by atoms with Crippen LogP contribution in [-0.2, 0) is 18.9 Å². The van der Waals surface area contributed by atoms with Gasteiger partial charge in [-0.1, -0.05) is 0 Å². The molecule has 10 heteroatoms. The predicted octanol–water partition coefficient (Wildman–Crippen LogP) is 2.84. The Labute approximate surface area is 210 Å². The minimum absolute atomic E-state index is 0.248. The van der Waals surface area contributed by atoms with E-state index in [9.17, 15) is 4.79 Å². The van der Waals surface area contributed by atoms with Crippen LogP contribution < -0.4 is 14.5 Å². The largest absolute Gasteiger partial charge is 0.487 e. The third-order valence-electron chi connectivity index (χ3n) is 5.58. The number of carboxylic acid groups (broad SMARTS) is 1. The second-order valence-electron chi connectivity index (χ2n) is 8.08. The standard InChI is InChI=1S/C26H32N2O8/c29-26(30)20-1-4-22(5-2-20)28-8-7-23(27-28)21-3-6-24-25(19-21)36-18-16-34-14-12-32-10-9-31-11-13-33-15-17-35-24/h1-6,19H,7-18H2,(H,29,30). The molecule has 2 aliphatic heterocycles. The molecule has 0 spiro atoms. The number of ether oxygens (including phenoxy) is 6. The molecule has 10 nitrogen and oxygen atoms in total. The molecule has 1 N–H and O–H groups in total. The third kappa shape index (κ3) is 7.66. The first kappa shape index (κ1) is 25.9. The topological polar surface area (TPSA) is 108 Å². The van der Waals surface area contributed by atoms with E-state index in [0.717, 1.165) is 23.4 Å². The van der Waals surface area contributed by atoms with Crippen LogP contribution in [0.5, 0.6) is 11.5 Å². The van der Waals surface area contributed by atoms with Crippen LogP contribution in [0.25, 0.3) is 0 Å². The molecule has 0 radical (unpaired) electrons. The van der Waals surface area contributed by atoms with Gasteiger partial charge in [0.2, 0.25) is 0 Å². The fraction of sp³-hybridized carbons (Fsp3) is 0.462. The van der Waals surface area contributed by atoms with Crippen LogP contribution in [0, 0.1) is 0 Å². The fourth-order valence-corrected chi connectivity index (χ4v) is 3.73. The summed E-state index contributed by atoms with van der Waals surface area (Å²) >= 11 is 0. The third-order valence-corrected chi connectivity index (χ3v) is 5.58. The van der Waals surface area contributed by atoms with E-state index in [4.69, 9.17) is 38.6 Å². The van der Waals surface area contributed by atoms with Gasteiger partial charge in [0.15, 0.2) is 11.5 Å². The number of carboxylic acids is 1. The monoisotopic (exact) mass is 500 g/mol. The molecule has 2 aliphatic rings. The van der Waals surface area contributed by atoms with Gasteiger partial charge < -0.3 is 33.5 Å². The van der Waals surface area contributed by atoms with E-state index in [-0.39, 0.29) is 5.56 Å². The van der Waals surface area contributed by atoms with Crippen molar-refractivity contribution >= 4 is 17.4 Å². The Hall–Kier alpha value is -3.18. The van der Waals surface area contributed by atoms with E-state index >= 15 is 0 Å². The van der Waals surface area contributed by atoms with Crippen molar-refractivity contribution in [2.45, 2.75) is 6.42 Å². The Morgan fingerprint density at radius 3 is 1.86 bits per heavy atom. The quantitative estimate of drug-likeness (QED) is 0.681. The lowest BCUT2D eigenvalue weighted by atomic mass is 10.1. The van der Waals surface area contributed by atoms with Gasteiger partial charge in [-0.05, 0) is 42.5 Å². The summed E-state index contributed by atoms with van der Waals surface area (Å²) < 4.78 is 34.0. The number of aromatic carboxylic acids is 1. The summed E-state index contributed by atoms with van der Waals surface area (Å²) in [6.07, 6.45) is 0.749. The molecule has 0 atom stereocenters. The fourth-order valence-electron chi connectivity index (χ4n) is 3.73. The van der Waals surface area contributed by atoms with Gasteiger partial charge in [-0.25, -0.2) is 4.79 Å². The van der Waals surface area contributed by atoms with Gasteiger partial charge >= 0.3 is 5.97 Å². The van der Waals surface area contributed by atoms with E-state index in [2.05, 4.69) is 0 Å². The van der Waals surface area contributed by atoms with Crippen LogP contribution in [0.4, 0.5) is 5.69 Å². The molecule has 0 aromatic heterocycles. The zero-order valence-corrected chi connectivity index (χ0v) is 20.2. The zero-order chi connectivity index (χ0) is 25.0. The van der Waals surface area contributed by atoms with Gasteiger partial charge in [-0.15, -0.1) is 0 Å². The van der Waals surface area contributed by atoms with Crippen molar-refractivity contribution in [2.75, 3.05) is 77.6 Å². The molecule has 0 bridgehead atoms. The molecule has 0 saturated carbocycles. The first-order chi connectivity index (χ1) is 17.7. The van der Waals surface area contributed by atoms with E-state index < -0.39 is 5.97 Å². The van der Waals surface area contributed by atoms with Crippen molar-refractivity contribution in [3.05, 3.63) is 53.6 Å². The van der Waals surface area contributed by atoms with Crippen molar-refractivity contribution < 1.29 is 38.3 Å². The lowest BCUT2D eigenvalue weighted by molar-refractivity contribution is -0.00841. The summed E-state index contributed by atoms with van der Waals surface area (Å²) in [4.78, 5) is 11.1. The van der Waals surface area contributed by atoms with Crippen molar-refractivity contribution in [1.29, 1.82) is 0 Å². The zero-order valence-electron chi connectivity index (χ0n) is 20.2. The van der Waals surface area contributed by atoms with Crippen LogP contribution >= 0.6 is 0 Å². The number of nitrogens with zero attached hydrogens (tertiary/aromatic N) is 2. The van der Waals surface area contributed by atoms with Gasteiger partial charge in [-0.2, -0.15) is 5.10 Å². The SMILES string of the molecule is O=C(O)c1ccc(N2CCC(c3ccc4c(c3)OCCOCCOCCOCCOCCO4)=N2)cc1. The Morgan fingerprint density at radius 1 is 0.722 bits per heavy atom. The van der Waals surface area contributed by atoms with Crippen molar-refractivity contribution in [3.8, 4) is 11.5 Å². The minimum Gasteiger partial charge on any atom is -0.487 e. The molecule has 194 valence electrons. The maximum Gasteiger partial charge on any atom is 0.335 e. The molecular formula is C26H32N2O8. The second-order valence-corrected chi connectivity index (χ2v) is 8.08. The maximum absolute atomic E-state index is 11.1. The molecule has 2 aromatic carbocycles. The predicted molar refractivity (Wildman–Crippen MR) is 133 cm³/mol. The van der Waals surface area contributed by atoms with Crippen molar-refractivity contribution in [1.82, 2.24) is 0 Å². The smallest absolute Gasteiger partial charge is 0.335 e. The number of hydrogen-bond donors (Lipinski definition) is 1. The number of hydrazone groups is 1. The van der Waals surface area contributed by atoms with Crippen LogP contribution in [0.1, 0.15) is 22.3 Å². The summed E-state index contributed by atoms with van der Waals surface area (Å²) in [6, 6.07) is 12.5. The number of rotatable bonds is 3. The van der Waals surface area contributed by atoms with Gasteiger partial charge in [0.1, 0.15) is 13.2 Å². The molecule has 2 heterocycles. The lowest BCUT2D eigenvalue weighted by Crippen LogP contribution is -2.16. The minimum atomic E-state index is -0.949. The second kappa shape index (κ2) is 13.8. The van der Waals surface area contributed by atoms with E-state index in [1.54, 1.807) is 24.3 Å². The molecule has 2 aromatic rings. The summed E-state index contributed by atoms with van der Waals surface area (Å²) in [5, 5.41) is 15.7. The first-order valence-electron chi connectivity index (χ1n) is 12.1. The van der Waals surface area contributed by atoms with Crippen molar-refractivity contribution in [2.24, 2.45) is 5.10 Å². The molecule has 0 unspecified atom stereocenters. The maximum atomic E-state index is 11.1. The first-order valence-corrected chi connectivity index (χ1v) is 12.1. The van der Waals surface area contributed by atoms with Gasteiger partial charge in [-0.3, -0.25) is 5.01 Å². The van der Waals surface area contributed by atoms with Gasteiger partial charge in [0.05, 0.1) is 69.8 Å². The number of benzene rings is 2. The highest BCUT2D eigenvalue weighted by Crippen LogP contribution is 2.31. The summed E-state index contributed by atoms with van der Waals surface area (Å²) in [5.74, 6) is 0.294. The Bertz CT molecular complexity index is 1010. The highest BCUT2D eigenvalue weighted by molar-refractivity contribution is 6.03. The van der Waals surface area contributed by atoms with Crippen LogP contribution in [0.3, 0.4) is 0 Å². The van der Waals surface area contributed by atoms with Gasteiger partial charge in [0.25, 0.3) is 0 Å². The van der Waals surface area contributed by atoms with Gasteiger partial charge in [0, 0.05) is 18.5 Å². The lowest BCUT2D eigenvalue weighted by Gasteiger charge is -2.15. The van der Waals surface area contributed by atoms with Crippen LogP contribution in [0.15, 0.2) is 47.6 Å². The Kier molecular flexibility index (Phi) is 9.92. The average molecular weight is 501 g/mol. The molecule has 0 aliphatic carbocycles. The molecule has 0 amide bonds. The normalized spacial score (nSPS) is 18.7. The van der Waals surface area contributed by atoms with Crippen LogP contribution in [0.2, 0.25) is 0 Å². The van der Waals surface area contributed by atoms with Crippen LogP contribution in [-0.4, -0.2) is 89.4 Å². The Morgan fingerprint density at radius 2 is 1.28 bits per heavy atom. The van der Waals surface area contributed by atoms with Crippen molar-refractivity contribution in [3.63, 3.8) is 0 Å². The van der Waals surface area contributed by atoms with E-state index in [1.807, 2.05) is 23.2 Å². The average Bonchev–Trinajstić information content (AvgIpc) is 3.39. The molecule has 0 fully saturated rings. The summed E-state index contributed by atoms with van der Waals surface area (Å²) in [6.45, 7) is 5.34. The molecule has 4 rings (SSSR count).